The molecular formula is C19H24FN3OS. The molecule has 2 heterocycles. The van der Waals surface area contributed by atoms with Crippen LogP contribution in [0.3, 0.4) is 0 Å². The van der Waals surface area contributed by atoms with Crippen LogP contribution in [0.4, 0.5) is 4.39 Å². The summed E-state index contributed by atoms with van der Waals surface area (Å²) in [6.45, 7) is 4.77. The standard InChI is InChI=1S/C19H24FN3OS/c1-2-18-21-9-12-23(18)13-15-7-10-22(11-8-15)19(24)14-25-17-5-3-16(20)4-6-17/h3-6,9,12,15H,2,7-8,10-11,13-14H2,1H3. The second kappa shape index (κ2) is 8.52. The average Bonchev–Trinajstić information content (AvgIpc) is 3.09. The number of imidazole rings is 1. The summed E-state index contributed by atoms with van der Waals surface area (Å²) in [6, 6.07) is 6.30. The number of thioether (sulfide) groups is 1. The number of hydrogen-bond acceptors (Lipinski definition) is 3. The summed E-state index contributed by atoms with van der Waals surface area (Å²) < 4.78 is 15.1. The van der Waals surface area contributed by atoms with E-state index in [1.54, 1.807) is 12.1 Å². The molecule has 1 aliphatic heterocycles. The molecule has 0 bridgehead atoms. The molecule has 134 valence electrons. The van der Waals surface area contributed by atoms with Crippen LogP contribution in [0.25, 0.3) is 0 Å². The monoisotopic (exact) mass is 361 g/mol. The lowest BCUT2D eigenvalue weighted by molar-refractivity contribution is -0.129. The Morgan fingerprint density at radius 3 is 2.68 bits per heavy atom. The van der Waals surface area contributed by atoms with Crippen molar-refractivity contribution in [3.63, 3.8) is 0 Å². The van der Waals surface area contributed by atoms with Crippen molar-refractivity contribution >= 4 is 17.7 Å². The second-order valence-corrected chi connectivity index (χ2v) is 7.46. The molecule has 0 saturated carbocycles. The molecule has 25 heavy (non-hydrogen) atoms. The predicted molar refractivity (Wildman–Crippen MR) is 98.0 cm³/mol. The van der Waals surface area contributed by atoms with Gasteiger partial charge >= 0.3 is 0 Å². The van der Waals surface area contributed by atoms with Gasteiger partial charge in [0.15, 0.2) is 0 Å². The van der Waals surface area contributed by atoms with Crippen molar-refractivity contribution in [2.24, 2.45) is 5.92 Å². The first-order chi connectivity index (χ1) is 12.2. The van der Waals surface area contributed by atoms with Gasteiger partial charge in [-0.2, -0.15) is 0 Å². The summed E-state index contributed by atoms with van der Waals surface area (Å²) >= 11 is 1.47. The Morgan fingerprint density at radius 2 is 2.00 bits per heavy atom. The minimum absolute atomic E-state index is 0.171. The van der Waals surface area contributed by atoms with Crippen LogP contribution >= 0.6 is 11.8 Å². The summed E-state index contributed by atoms with van der Waals surface area (Å²) in [4.78, 5) is 19.6. The Hall–Kier alpha value is -1.82. The molecule has 0 unspecified atom stereocenters. The van der Waals surface area contributed by atoms with Crippen LogP contribution in [-0.4, -0.2) is 39.2 Å². The first kappa shape index (κ1) is 18.0. The molecule has 0 atom stereocenters. The fourth-order valence-electron chi connectivity index (χ4n) is 3.23. The number of carbonyl (C=O) groups is 1. The molecule has 2 aromatic rings. The molecule has 4 nitrogen and oxygen atoms in total. The van der Waals surface area contributed by atoms with Gasteiger partial charge in [-0.25, -0.2) is 9.37 Å². The largest absolute Gasteiger partial charge is 0.342 e. The maximum atomic E-state index is 12.9. The molecule has 1 aromatic heterocycles. The van der Waals surface area contributed by atoms with Gasteiger partial charge in [-0.05, 0) is 43.0 Å². The van der Waals surface area contributed by atoms with Crippen molar-refractivity contribution in [2.75, 3.05) is 18.8 Å². The number of amides is 1. The van der Waals surface area contributed by atoms with Crippen molar-refractivity contribution in [3.05, 3.63) is 48.3 Å². The Kier molecular flexibility index (Phi) is 6.13. The molecule has 1 aromatic carbocycles. The van der Waals surface area contributed by atoms with E-state index < -0.39 is 0 Å². The van der Waals surface area contributed by atoms with Crippen LogP contribution in [0.5, 0.6) is 0 Å². The summed E-state index contributed by atoms with van der Waals surface area (Å²) in [5, 5.41) is 0. The zero-order valence-electron chi connectivity index (χ0n) is 14.5. The maximum absolute atomic E-state index is 12.9. The summed E-state index contributed by atoms with van der Waals surface area (Å²) in [5.74, 6) is 2.08. The lowest BCUT2D eigenvalue weighted by atomic mass is 9.96. The van der Waals surface area contributed by atoms with E-state index in [0.29, 0.717) is 11.7 Å². The number of piperidine rings is 1. The lowest BCUT2D eigenvalue weighted by Gasteiger charge is -2.32. The summed E-state index contributed by atoms with van der Waals surface area (Å²) in [7, 11) is 0. The summed E-state index contributed by atoms with van der Waals surface area (Å²) in [5.41, 5.74) is 0. The molecule has 0 aliphatic carbocycles. The van der Waals surface area contributed by atoms with Crippen LogP contribution in [-0.2, 0) is 17.8 Å². The number of nitrogens with zero attached hydrogens (tertiary/aromatic N) is 3. The zero-order chi connectivity index (χ0) is 17.6. The van der Waals surface area contributed by atoms with Crippen LogP contribution in [0.1, 0.15) is 25.6 Å². The highest BCUT2D eigenvalue weighted by atomic mass is 32.2. The molecule has 1 saturated heterocycles. The predicted octanol–water partition coefficient (Wildman–Crippen LogP) is 3.62. The first-order valence-electron chi connectivity index (χ1n) is 8.82. The van der Waals surface area contributed by atoms with Crippen molar-refractivity contribution < 1.29 is 9.18 Å². The van der Waals surface area contributed by atoms with E-state index in [4.69, 9.17) is 0 Å². The normalized spacial score (nSPS) is 15.5. The van der Waals surface area contributed by atoms with Crippen molar-refractivity contribution in [1.29, 1.82) is 0 Å². The Bertz CT molecular complexity index is 693. The highest BCUT2D eigenvalue weighted by molar-refractivity contribution is 8.00. The van der Waals surface area contributed by atoms with Crippen LogP contribution < -0.4 is 0 Å². The Labute approximate surface area is 152 Å². The van der Waals surface area contributed by atoms with E-state index in [0.717, 1.165) is 49.6 Å². The number of likely N-dealkylation sites (tertiary alicyclic amines) is 1. The van der Waals surface area contributed by atoms with Gasteiger partial charge < -0.3 is 9.47 Å². The topological polar surface area (TPSA) is 38.1 Å². The fraction of sp³-hybridized carbons (Fsp3) is 0.474. The molecule has 0 N–H and O–H groups in total. The van der Waals surface area contributed by atoms with E-state index in [-0.39, 0.29) is 11.7 Å². The Morgan fingerprint density at radius 1 is 1.28 bits per heavy atom. The zero-order valence-corrected chi connectivity index (χ0v) is 15.3. The van der Waals surface area contributed by atoms with E-state index in [9.17, 15) is 9.18 Å². The van der Waals surface area contributed by atoms with Gasteiger partial charge in [0.25, 0.3) is 0 Å². The third-order valence-electron chi connectivity index (χ3n) is 4.72. The first-order valence-corrected chi connectivity index (χ1v) is 9.80. The second-order valence-electron chi connectivity index (χ2n) is 6.42. The fourth-order valence-corrected chi connectivity index (χ4v) is 4.03. The number of halogens is 1. The van der Waals surface area contributed by atoms with Crippen molar-refractivity contribution in [1.82, 2.24) is 14.5 Å². The number of rotatable bonds is 6. The minimum Gasteiger partial charge on any atom is -0.342 e. The van der Waals surface area contributed by atoms with Gasteiger partial charge in [-0.15, -0.1) is 11.8 Å². The molecule has 1 fully saturated rings. The molecular weight excluding hydrogens is 337 g/mol. The number of aryl methyl sites for hydroxylation is 1. The van der Waals surface area contributed by atoms with E-state index in [1.807, 2.05) is 11.1 Å². The van der Waals surface area contributed by atoms with E-state index in [2.05, 4.69) is 22.7 Å². The van der Waals surface area contributed by atoms with Gasteiger partial charge in [0.2, 0.25) is 5.91 Å². The SMILES string of the molecule is CCc1nccn1CC1CCN(C(=O)CSc2ccc(F)cc2)CC1. The quantitative estimate of drug-likeness (QED) is 0.738. The van der Waals surface area contributed by atoms with Gasteiger partial charge in [-0.3, -0.25) is 4.79 Å². The third kappa shape index (κ3) is 4.84. The minimum atomic E-state index is -0.248. The van der Waals surface area contributed by atoms with Crippen molar-refractivity contribution in [3.8, 4) is 0 Å². The number of benzene rings is 1. The number of hydrogen-bond donors (Lipinski definition) is 0. The summed E-state index contributed by atoms with van der Waals surface area (Å²) in [6.07, 6.45) is 6.94. The number of carbonyl (C=O) groups excluding carboxylic acids is 1. The van der Waals surface area contributed by atoms with E-state index in [1.165, 1.54) is 23.9 Å². The third-order valence-corrected chi connectivity index (χ3v) is 5.71. The van der Waals surface area contributed by atoms with Gasteiger partial charge in [-0.1, -0.05) is 6.92 Å². The molecule has 1 amide bonds. The van der Waals surface area contributed by atoms with Crippen molar-refractivity contribution in [2.45, 2.75) is 37.6 Å². The molecule has 0 spiro atoms. The van der Waals surface area contributed by atoms with Gasteiger partial charge in [0.05, 0.1) is 5.75 Å². The average molecular weight is 361 g/mol. The van der Waals surface area contributed by atoms with E-state index >= 15 is 0 Å². The lowest BCUT2D eigenvalue weighted by Crippen LogP contribution is -2.40. The Balaban J connectivity index is 1.43. The smallest absolute Gasteiger partial charge is 0.232 e. The molecule has 3 rings (SSSR count). The van der Waals surface area contributed by atoms with Gasteiger partial charge in [0.1, 0.15) is 11.6 Å². The van der Waals surface area contributed by atoms with Gasteiger partial charge in [0, 0.05) is 43.3 Å². The maximum Gasteiger partial charge on any atom is 0.232 e. The van der Waals surface area contributed by atoms with Crippen LogP contribution in [0.2, 0.25) is 0 Å². The molecule has 6 heteroatoms. The number of aromatic nitrogens is 2. The highest BCUT2D eigenvalue weighted by Crippen LogP contribution is 2.23. The molecule has 1 aliphatic rings. The highest BCUT2D eigenvalue weighted by Gasteiger charge is 2.23. The van der Waals surface area contributed by atoms with Crippen LogP contribution in [0.15, 0.2) is 41.6 Å². The van der Waals surface area contributed by atoms with Crippen LogP contribution in [0, 0.1) is 11.7 Å². The molecule has 0 radical (unpaired) electrons.